The quantitative estimate of drug-likeness (QED) is 0.352. The minimum absolute atomic E-state index is 0.0287. The number of fused-ring (bicyclic) bond motifs is 1. The minimum Gasteiger partial charge on any atom is -0.369 e. The molecule has 31 heavy (non-hydrogen) atoms. The number of benzene rings is 2. The normalized spacial score (nSPS) is 11.4. The molecule has 0 aliphatic rings. The molecule has 160 valence electrons. The Morgan fingerprint density at radius 2 is 1.90 bits per heavy atom. The number of nitrogen functional groups attached to an aromatic ring is 1. The lowest BCUT2D eigenvalue weighted by Gasteiger charge is -2.17. The van der Waals surface area contributed by atoms with Crippen LogP contribution in [-0.2, 0) is 0 Å². The zero-order valence-corrected chi connectivity index (χ0v) is 18.2. The van der Waals surface area contributed by atoms with E-state index in [1.54, 1.807) is 12.1 Å². The van der Waals surface area contributed by atoms with Gasteiger partial charge in [-0.2, -0.15) is 4.98 Å². The predicted molar refractivity (Wildman–Crippen MR) is 126 cm³/mol. The summed E-state index contributed by atoms with van der Waals surface area (Å²) in [6, 6.07) is 12.7. The highest BCUT2D eigenvalue weighted by Gasteiger charge is 2.18. The fourth-order valence-electron chi connectivity index (χ4n) is 3.54. The molecule has 0 saturated carbocycles. The van der Waals surface area contributed by atoms with Gasteiger partial charge in [0.2, 0.25) is 5.95 Å². The zero-order valence-electron chi connectivity index (χ0n) is 17.4. The van der Waals surface area contributed by atoms with Crippen molar-refractivity contribution >= 4 is 34.3 Å². The second kappa shape index (κ2) is 8.91. The number of rotatable bonds is 7. The fourth-order valence-corrected chi connectivity index (χ4v) is 3.72. The topological polar surface area (TPSA) is 82.9 Å². The van der Waals surface area contributed by atoms with E-state index in [9.17, 15) is 4.39 Å². The molecule has 6 nitrogen and oxygen atoms in total. The molecule has 2 heterocycles. The summed E-state index contributed by atoms with van der Waals surface area (Å²) in [6.45, 7) is 1.66. The molecule has 0 saturated heterocycles. The first-order chi connectivity index (χ1) is 14.9. The fraction of sp³-hybridized carbons (Fsp3) is 0.217. The van der Waals surface area contributed by atoms with Crippen LogP contribution in [-0.4, -0.2) is 47.0 Å². The second-order valence-corrected chi connectivity index (χ2v) is 8.05. The van der Waals surface area contributed by atoms with Crippen molar-refractivity contribution in [1.29, 1.82) is 0 Å². The van der Waals surface area contributed by atoms with Crippen molar-refractivity contribution in [3.8, 4) is 22.4 Å². The van der Waals surface area contributed by atoms with Gasteiger partial charge in [-0.3, -0.25) is 0 Å². The van der Waals surface area contributed by atoms with Gasteiger partial charge in [0.25, 0.3) is 0 Å². The summed E-state index contributed by atoms with van der Waals surface area (Å²) in [5.74, 6) is 0.284. The van der Waals surface area contributed by atoms with Crippen LogP contribution >= 0.6 is 11.6 Å². The van der Waals surface area contributed by atoms with Crippen molar-refractivity contribution in [2.24, 2.45) is 0 Å². The van der Waals surface area contributed by atoms with Gasteiger partial charge in [-0.1, -0.05) is 23.7 Å². The Hall–Kier alpha value is -3.16. The number of halogens is 2. The standard InChI is InChI=1S/C23H24ClFN6/c1-31(2)11-3-9-28-22-20(15-5-4-14-8-10-27-19(14)13-15)21(29-23(26)30-22)16-6-7-18(25)17(24)12-16/h4-8,10,12-13,27H,3,9,11H2,1-2H3,(H3,26,28,29,30). The third kappa shape index (κ3) is 4.62. The first kappa shape index (κ1) is 21.1. The highest BCUT2D eigenvalue weighted by molar-refractivity contribution is 6.31. The molecule has 2 aromatic carbocycles. The molecule has 0 aliphatic carbocycles. The number of aromatic nitrogens is 3. The molecule has 0 spiro atoms. The van der Waals surface area contributed by atoms with Crippen molar-refractivity contribution in [3.63, 3.8) is 0 Å². The minimum atomic E-state index is -0.483. The van der Waals surface area contributed by atoms with Crippen LogP contribution in [0.15, 0.2) is 48.7 Å². The zero-order chi connectivity index (χ0) is 22.0. The number of nitrogens with zero attached hydrogens (tertiary/aromatic N) is 3. The lowest BCUT2D eigenvalue weighted by molar-refractivity contribution is 0.405. The Kier molecular flexibility index (Phi) is 6.06. The molecule has 8 heteroatoms. The number of hydrogen-bond acceptors (Lipinski definition) is 5. The number of H-pyrrole nitrogens is 1. The van der Waals surface area contributed by atoms with E-state index in [4.69, 9.17) is 17.3 Å². The van der Waals surface area contributed by atoms with Crippen LogP contribution in [0.1, 0.15) is 6.42 Å². The number of hydrogen-bond donors (Lipinski definition) is 3. The van der Waals surface area contributed by atoms with E-state index in [0.29, 0.717) is 17.1 Å². The molecule has 4 N–H and O–H groups in total. The van der Waals surface area contributed by atoms with Gasteiger partial charge in [-0.15, -0.1) is 0 Å². The maximum Gasteiger partial charge on any atom is 0.222 e. The molecule has 0 amide bonds. The van der Waals surface area contributed by atoms with Gasteiger partial charge in [0, 0.05) is 23.8 Å². The van der Waals surface area contributed by atoms with E-state index in [1.165, 1.54) is 6.07 Å². The molecule has 0 bridgehead atoms. The van der Waals surface area contributed by atoms with Crippen LogP contribution in [0.4, 0.5) is 16.2 Å². The van der Waals surface area contributed by atoms with Gasteiger partial charge in [-0.25, -0.2) is 9.37 Å². The maximum atomic E-state index is 13.8. The molecular formula is C23H24ClFN6. The third-order valence-electron chi connectivity index (χ3n) is 5.04. The molecule has 0 fully saturated rings. The van der Waals surface area contributed by atoms with Crippen LogP contribution in [0, 0.1) is 5.82 Å². The van der Waals surface area contributed by atoms with E-state index < -0.39 is 5.82 Å². The average Bonchev–Trinajstić information content (AvgIpc) is 3.20. The summed E-state index contributed by atoms with van der Waals surface area (Å²) >= 11 is 6.06. The molecule has 0 unspecified atom stereocenters. The summed E-state index contributed by atoms with van der Waals surface area (Å²) in [5.41, 5.74) is 10.0. The monoisotopic (exact) mass is 438 g/mol. The van der Waals surface area contributed by atoms with Crippen LogP contribution in [0.25, 0.3) is 33.3 Å². The molecule has 2 aromatic heterocycles. The van der Waals surface area contributed by atoms with Gasteiger partial charge in [0.05, 0.1) is 16.3 Å². The summed E-state index contributed by atoms with van der Waals surface area (Å²) in [4.78, 5) is 14.4. The Balaban J connectivity index is 1.85. The Bertz CT molecular complexity index is 1220. The van der Waals surface area contributed by atoms with E-state index in [-0.39, 0.29) is 11.0 Å². The summed E-state index contributed by atoms with van der Waals surface area (Å²) in [7, 11) is 4.08. The predicted octanol–water partition coefficient (Wildman–Crippen LogP) is 5.03. The van der Waals surface area contributed by atoms with Crippen molar-refractivity contribution < 1.29 is 4.39 Å². The molecule has 0 aliphatic heterocycles. The number of anilines is 2. The van der Waals surface area contributed by atoms with E-state index in [2.05, 4.69) is 25.2 Å². The van der Waals surface area contributed by atoms with Crippen LogP contribution in [0.3, 0.4) is 0 Å². The first-order valence-corrected chi connectivity index (χ1v) is 10.4. The molecule has 4 aromatic rings. The van der Waals surface area contributed by atoms with Gasteiger partial charge in [-0.05, 0) is 68.3 Å². The molecule has 0 atom stereocenters. The molecule has 0 radical (unpaired) electrons. The highest BCUT2D eigenvalue weighted by atomic mass is 35.5. The van der Waals surface area contributed by atoms with Crippen molar-refractivity contribution in [2.75, 3.05) is 38.2 Å². The van der Waals surface area contributed by atoms with E-state index in [0.717, 1.165) is 41.5 Å². The van der Waals surface area contributed by atoms with Gasteiger partial charge >= 0.3 is 0 Å². The van der Waals surface area contributed by atoms with Crippen molar-refractivity contribution in [1.82, 2.24) is 19.9 Å². The largest absolute Gasteiger partial charge is 0.369 e. The highest BCUT2D eigenvalue weighted by Crippen LogP contribution is 2.38. The number of aromatic amines is 1. The van der Waals surface area contributed by atoms with Crippen molar-refractivity contribution in [2.45, 2.75) is 6.42 Å². The average molecular weight is 439 g/mol. The maximum absolute atomic E-state index is 13.8. The summed E-state index contributed by atoms with van der Waals surface area (Å²) in [5, 5.41) is 4.54. The Morgan fingerprint density at radius 1 is 1.10 bits per heavy atom. The van der Waals surface area contributed by atoms with Crippen LogP contribution in [0.5, 0.6) is 0 Å². The summed E-state index contributed by atoms with van der Waals surface area (Å²) in [6.07, 6.45) is 2.83. The third-order valence-corrected chi connectivity index (χ3v) is 5.33. The lowest BCUT2D eigenvalue weighted by atomic mass is 9.98. The first-order valence-electron chi connectivity index (χ1n) is 10.0. The SMILES string of the molecule is CN(C)CCCNc1nc(N)nc(-c2ccc(F)c(Cl)c2)c1-c1ccc2cc[nH]c2c1. The Labute approximate surface area is 185 Å². The van der Waals surface area contributed by atoms with E-state index >= 15 is 0 Å². The van der Waals surface area contributed by atoms with Gasteiger partial charge in [0.1, 0.15) is 11.6 Å². The number of nitrogens with one attached hydrogen (secondary N) is 2. The van der Waals surface area contributed by atoms with Crippen LogP contribution < -0.4 is 11.1 Å². The molecular weight excluding hydrogens is 415 g/mol. The number of nitrogens with two attached hydrogens (primary N) is 1. The van der Waals surface area contributed by atoms with E-state index in [1.807, 2.05) is 44.6 Å². The second-order valence-electron chi connectivity index (χ2n) is 7.65. The molecule has 4 rings (SSSR count). The lowest BCUT2D eigenvalue weighted by Crippen LogP contribution is -2.17. The van der Waals surface area contributed by atoms with Gasteiger partial charge < -0.3 is 20.9 Å². The van der Waals surface area contributed by atoms with Gasteiger partial charge in [0.15, 0.2) is 0 Å². The smallest absolute Gasteiger partial charge is 0.222 e. The van der Waals surface area contributed by atoms with Crippen molar-refractivity contribution in [3.05, 3.63) is 59.5 Å². The van der Waals surface area contributed by atoms with Crippen LogP contribution in [0.2, 0.25) is 5.02 Å². The Morgan fingerprint density at radius 3 is 2.68 bits per heavy atom. The summed E-state index contributed by atoms with van der Waals surface area (Å²) < 4.78 is 13.8.